The van der Waals surface area contributed by atoms with Gasteiger partial charge in [0.05, 0.1) is 6.61 Å². The summed E-state index contributed by atoms with van der Waals surface area (Å²) in [5.41, 5.74) is 0.0115. The van der Waals surface area contributed by atoms with E-state index in [-0.39, 0.29) is 16.5 Å². The van der Waals surface area contributed by atoms with Gasteiger partial charge in [-0.1, -0.05) is 11.6 Å². The van der Waals surface area contributed by atoms with Crippen molar-refractivity contribution in [3.8, 4) is 5.82 Å². The molecule has 1 N–H and O–H groups in total. The zero-order chi connectivity index (χ0) is 13.3. The fraction of sp³-hybridized carbons (Fsp3) is 0.300. The molecule has 0 aliphatic rings. The molecular weight excluding hydrogens is 266 g/mol. The molecule has 0 aliphatic carbocycles. The molecule has 0 atom stereocenters. The minimum atomic E-state index is -2.81. The van der Waals surface area contributed by atoms with Crippen LogP contribution in [-0.2, 0) is 6.61 Å². The fourth-order valence-corrected chi connectivity index (χ4v) is 1.76. The minimum absolute atomic E-state index is 0.0779. The highest BCUT2D eigenvalue weighted by Crippen LogP contribution is 2.29. The number of rotatable bonds is 3. The highest BCUT2D eigenvalue weighted by atomic mass is 35.5. The summed E-state index contributed by atoms with van der Waals surface area (Å²) in [7, 11) is 0. The quantitative estimate of drug-likeness (QED) is 0.930. The van der Waals surface area contributed by atoms with Crippen LogP contribution in [0.4, 0.5) is 8.78 Å². The van der Waals surface area contributed by atoms with Crippen molar-refractivity contribution in [3.05, 3.63) is 34.5 Å². The second-order valence-corrected chi connectivity index (χ2v) is 3.90. The van der Waals surface area contributed by atoms with Crippen molar-refractivity contribution in [2.45, 2.75) is 20.0 Å². The normalized spacial score (nSPS) is 11.2. The number of hydrogen-bond donors (Lipinski definition) is 1. The van der Waals surface area contributed by atoms with Gasteiger partial charge >= 0.3 is 0 Å². The fourth-order valence-electron chi connectivity index (χ4n) is 1.48. The first-order valence-corrected chi connectivity index (χ1v) is 5.37. The molecule has 8 heteroatoms. The average molecular weight is 275 g/mol. The maximum Gasteiger partial charge on any atom is 0.282 e. The van der Waals surface area contributed by atoms with Gasteiger partial charge in [0.2, 0.25) is 0 Å². The summed E-state index contributed by atoms with van der Waals surface area (Å²) in [5, 5.41) is 12.7. The number of nitrogens with zero attached hydrogens (tertiary/aromatic N) is 4. The van der Waals surface area contributed by atoms with Crippen molar-refractivity contribution < 1.29 is 13.9 Å². The van der Waals surface area contributed by atoms with E-state index in [1.54, 1.807) is 13.0 Å². The number of alkyl halides is 2. The van der Waals surface area contributed by atoms with E-state index in [0.29, 0.717) is 5.69 Å². The second kappa shape index (κ2) is 4.95. The van der Waals surface area contributed by atoms with Crippen molar-refractivity contribution in [3.63, 3.8) is 0 Å². The lowest BCUT2D eigenvalue weighted by atomic mass is 10.3. The van der Waals surface area contributed by atoms with Gasteiger partial charge in [-0.3, -0.25) is 0 Å². The molecule has 0 aliphatic heterocycles. The standard InChI is InChI=1S/C10H9ClF2N4O/c1-5-2-7(15-4-14-5)17-9(11)6(3-18)8(16-17)10(12)13/h2,4,10,18H,3H2,1H3. The van der Waals surface area contributed by atoms with E-state index in [2.05, 4.69) is 15.1 Å². The Morgan fingerprint density at radius 2 is 2.17 bits per heavy atom. The lowest BCUT2D eigenvalue weighted by Gasteiger charge is -2.02. The molecule has 2 heterocycles. The van der Waals surface area contributed by atoms with Crippen LogP contribution in [0.1, 0.15) is 23.4 Å². The molecule has 2 aromatic rings. The molecule has 0 saturated heterocycles. The third-order valence-corrected chi connectivity index (χ3v) is 2.71. The molecule has 0 bridgehead atoms. The molecule has 0 amide bonds. The van der Waals surface area contributed by atoms with E-state index in [4.69, 9.17) is 16.7 Å². The van der Waals surface area contributed by atoms with E-state index in [9.17, 15) is 8.78 Å². The molecule has 0 saturated carbocycles. The zero-order valence-corrected chi connectivity index (χ0v) is 10.1. The molecular formula is C10H9ClF2N4O. The van der Waals surface area contributed by atoms with Crippen LogP contribution in [0.2, 0.25) is 5.15 Å². The number of aliphatic hydroxyl groups excluding tert-OH is 1. The Hall–Kier alpha value is -1.60. The monoisotopic (exact) mass is 274 g/mol. The van der Waals surface area contributed by atoms with Crippen LogP contribution in [0.3, 0.4) is 0 Å². The van der Waals surface area contributed by atoms with Crippen LogP contribution < -0.4 is 0 Å². The van der Waals surface area contributed by atoms with Crippen LogP contribution in [0.5, 0.6) is 0 Å². The van der Waals surface area contributed by atoms with Crippen LogP contribution in [0.15, 0.2) is 12.4 Å². The third-order valence-electron chi connectivity index (χ3n) is 2.32. The first-order chi connectivity index (χ1) is 8.54. The summed E-state index contributed by atoms with van der Waals surface area (Å²) < 4.78 is 26.5. The SMILES string of the molecule is Cc1cc(-n2nc(C(F)F)c(CO)c2Cl)ncn1. The van der Waals surface area contributed by atoms with Crippen molar-refractivity contribution in [1.29, 1.82) is 0 Å². The Morgan fingerprint density at radius 3 is 2.67 bits per heavy atom. The Morgan fingerprint density at radius 1 is 1.44 bits per heavy atom. The maximum atomic E-state index is 12.7. The Bertz CT molecular complexity index is 573. The van der Waals surface area contributed by atoms with Gasteiger partial charge in [0.25, 0.3) is 6.43 Å². The predicted octanol–water partition coefficient (Wildman–Crippen LogP) is 2.05. The summed E-state index contributed by atoms with van der Waals surface area (Å²) in [6.07, 6.45) is -1.53. The van der Waals surface area contributed by atoms with Gasteiger partial charge in [0.1, 0.15) is 17.2 Å². The van der Waals surface area contributed by atoms with Gasteiger partial charge in [-0.15, -0.1) is 0 Å². The van der Waals surface area contributed by atoms with Crippen molar-refractivity contribution >= 4 is 11.6 Å². The largest absolute Gasteiger partial charge is 0.391 e. The van der Waals surface area contributed by atoms with Gasteiger partial charge in [-0.05, 0) is 6.92 Å². The van der Waals surface area contributed by atoms with E-state index in [0.717, 1.165) is 4.68 Å². The van der Waals surface area contributed by atoms with Gasteiger partial charge < -0.3 is 5.11 Å². The minimum Gasteiger partial charge on any atom is -0.391 e. The lowest BCUT2D eigenvalue weighted by molar-refractivity contribution is 0.141. The second-order valence-electron chi connectivity index (χ2n) is 3.54. The molecule has 0 fully saturated rings. The van der Waals surface area contributed by atoms with E-state index < -0.39 is 18.7 Å². The van der Waals surface area contributed by atoms with Gasteiger partial charge in [0, 0.05) is 17.3 Å². The Kier molecular flexibility index (Phi) is 3.53. The summed E-state index contributed by atoms with van der Waals surface area (Å²) in [6, 6.07) is 1.55. The summed E-state index contributed by atoms with van der Waals surface area (Å²) in [6.45, 7) is 1.12. The summed E-state index contributed by atoms with van der Waals surface area (Å²) >= 11 is 5.91. The van der Waals surface area contributed by atoms with Crippen LogP contribution in [0, 0.1) is 6.92 Å². The summed E-state index contributed by atoms with van der Waals surface area (Å²) in [5.74, 6) is 0.272. The first-order valence-electron chi connectivity index (χ1n) is 5.00. The Labute approximate surface area is 106 Å². The molecule has 18 heavy (non-hydrogen) atoms. The molecule has 0 spiro atoms. The average Bonchev–Trinajstić information content (AvgIpc) is 2.66. The number of aliphatic hydroxyl groups is 1. The highest BCUT2D eigenvalue weighted by molar-refractivity contribution is 6.30. The predicted molar refractivity (Wildman–Crippen MR) is 59.8 cm³/mol. The van der Waals surface area contributed by atoms with Crippen LogP contribution >= 0.6 is 11.6 Å². The molecule has 2 aromatic heterocycles. The van der Waals surface area contributed by atoms with E-state index in [1.807, 2.05) is 0 Å². The molecule has 0 aromatic carbocycles. The van der Waals surface area contributed by atoms with E-state index in [1.165, 1.54) is 6.33 Å². The van der Waals surface area contributed by atoms with E-state index >= 15 is 0 Å². The van der Waals surface area contributed by atoms with Crippen LogP contribution in [-0.4, -0.2) is 24.9 Å². The highest BCUT2D eigenvalue weighted by Gasteiger charge is 2.23. The first kappa shape index (κ1) is 12.8. The van der Waals surface area contributed by atoms with Crippen LogP contribution in [0.25, 0.3) is 5.82 Å². The zero-order valence-electron chi connectivity index (χ0n) is 9.31. The van der Waals surface area contributed by atoms with Crippen molar-refractivity contribution in [2.75, 3.05) is 0 Å². The molecule has 0 radical (unpaired) electrons. The number of aromatic nitrogens is 4. The van der Waals surface area contributed by atoms with Crippen molar-refractivity contribution in [1.82, 2.24) is 19.7 Å². The van der Waals surface area contributed by atoms with Gasteiger partial charge in [-0.25, -0.2) is 23.4 Å². The molecule has 96 valence electrons. The van der Waals surface area contributed by atoms with Gasteiger partial charge in [0.15, 0.2) is 5.82 Å². The maximum absolute atomic E-state index is 12.7. The van der Waals surface area contributed by atoms with Crippen molar-refractivity contribution in [2.24, 2.45) is 0 Å². The molecule has 0 unspecified atom stereocenters. The van der Waals surface area contributed by atoms with Gasteiger partial charge in [-0.2, -0.15) is 5.10 Å². The summed E-state index contributed by atoms with van der Waals surface area (Å²) in [4.78, 5) is 7.78. The topological polar surface area (TPSA) is 63.8 Å². The number of aryl methyl sites for hydroxylation is 1. The smallest absolute Gasteiger partial charge is 0.282 e. The third kappa shape index (κ3) is 2.19. The number of halogens is 3. The molecule has 5 nitrogen and oxygen atoms in total. The number of hydrogen-bond acceptors (Lipinski definition) is 4. The Balaban J connectivity index is 2.59. The molecule has 2 rings (SSSR count). The lowest BCUT2D eigenvalue weighted by Crippen LogP contribution is -2.01.